The molecular formula is C24H31NO6. The molecule has 7 nitrogen and oxygen atoms in total. The molecule has 31 heavy (non-hydrogen) atoms. The van der Waals surface area contributed by atoms with Gasteiger partial charge in [-0.05, 0) is 37.0 Å². The van der Waals surface area contributed by atoms with Gasteiger partial charge in [0, 0.05) is 44.0 Å². The van der Waals surface area contributed by atoms with Gasteiger partial charge >= 0.3 is 5.97 Å². The van der Waals surface area contributed by atoms with Crippen LogP contribution in [-0.2, 0) is 15.9 Å². The van der Waals surface area contributed by atoms with E-state index in [2.05, 4.69) is 13.8 Å². The molecule has 1 aliphatic rings. The summed E-state index contributed by atoms with van der Waals surface area (Å²) in [5.41, 5.74) is 2.47. The van der Waals surface area contributed by atoms with Crippen molar-refractivity contribution in [3.63, 3.8) is 0 Å². The fourth-order valence-corrected chi connectivity index (χ4v) is 3.95. The second kappa shape index (κ2) is 10.0. The summed E-state index contributed by atoms with van der Waals surface area (Å²) in [6.45, 7) is 7.36. The van der Waals surface area contributed by atoms with Gasteiger partial charge in [-0.1, -0.05) is 13.8 Å². The number of rotatable bonds is 9. The van der Waals surface area contributed by atoms with Gasteiger partial charge < -0.3 is 23.5 Å². The van der Waals surface area contributed by atoms with Crippen LogP contribution in [0.25, 0.3) is 11.3 Å². The summed E-state index contributed by atoms with van der Waals surface area (Å²) in [5.74, 6) is 0.984. The normalized spacial score (nSPS) is 14.7. The Kier molecular flexibility index (Phi) is 7.38. The van der Waals surface area contributed by atoms with Crippen molar-refractivity contribution in [2.45, 2.75) is 39.7 Å². The zero-order valence-corrected chi connectivity index (χ0v) is 18.9. The number of carbonyl (C=O) groups excluding carboxylic acids is 1. The molecule has 1 atom stereocenters. The minimum absolute atomic E-state index is 0.0600. The highest BCUT2D eigenvalue weighted by Crippen LogP contribution is 2.42. The fourth-order valence-electron chi connectivity index (χ4n) is 3.95. The Morgan fingerprint density at radius 2 is 1.94 bits per heavy atom. The maximum atomic E-state index is 12.7. The third-order valence-corrected chi connectivity index (χ3v) is 5.55. The van der Waals surface area contributed by atoms with Crippen LogP contribution in [0.15, 0.2) is 29.2 Å². The predicted octanol–water partition coefficient (Wildman–Crippen LogP) is 3.87. The Labute approximate surface area is 182 Å². The molecule has 2 heterocycles. The Bertz CT molecular complexity index is 994. The van der Waals surface area contributed by atoms with E-state index in [1.807, 2.05) is 16.7 Å². The van der Waals surface area contributed by atoms with Gasteiger partial charge in [-0.15, -0.1) is 0 Å². The maximum Gasteiger partial charge on any atom is 0.343 e. The zero-order chi connectivity index (χ0) is 22.5. The van der Waals surface area contributed by atoms with Gasteiger partial charge in [-0.2, -0.15) is 0 Å². The van der Waals surface area contributed by atoms with Gasteiger partial charge in [-0.3, -0.25) is 4.79 Å². The molecule has 0 saturated heterocycles. The monoisotopic (exact) mass is 429 g/mol. The van der Waals surface area contributed by atoms with Crippen molar-refractivity contribution in [3.8, 4) is 22.8 Å². The summed E-state index contributed by atoms with van der Waals surface area (Å²) in [6.07, 6.45) is 3.18. The number of ether oxygens (including phenoxy) is 4. The maximum absolute atomic E-state index is 12.7. The summed E-state index contributed by atoms with van der Waals surface area (Å²) in [5, 5.41) is 0. The fraction of sp³-hybridized carbons (Fsp3) is 0.500. The third kappa shape index (κ3) is 4.77. The molecule has 0 bridgehead atoms. The number of pyridine rings is 1. The van der Waals surface area contributed by atoms with E-state index in [4.69, 9.17) is 18.9 Å². The first-order valence-corrected chi connectivity index (χ1v) is 10.7. The van der Waals surface area contributed by atoms with Crippen LogP contribution in [0, 0.1) is 5.92 Å². The van der Waals surface area contributed by atoms with E-state index in [1.54, 1.807) is 27.3 Å². The van der Waals surface area contributed by atoms with Gasteiger partial charge in [0.2, 0.25) is 0 Å². The zero-order valence-electron chi connectivity index (χ0n) is 18.9. The van der Waals surface area contributed by atoms with Gasteiger partial charge in [0.15, 0.2) is 16.9 Å². The SMILES string of the molecule is CCOC(=O)c1cn2c(cc1=O)-c1cc(OC)c(OCCCOC)cc1CC2C(C)C. The first-order valence-electron chi connectivity index (χ1n) is 10.7. The number of hydrogen-bond donors (Lipinski definition) is 0. The average Bonchev–Trinajstić information content (AvgIpc) is 2.75. The molecule has 1 unspecified atom stereocenters. The number of methoxy groups -OCH3 is 2. The molecule has 0 radical (unpaired) electrons. The van der Waals surface area contributed by atoms with Gasteiger partial charge in [0.25, 0.3) is 0 Å². The highest BCUT2D eigenvalue weighted by Gasteiger charge is 2.29. The molecular weight excluding hydrogens is 398 g/mol. The topological polar surface area (TPSA) is 76.0 Å². The van der Waals surface area contributed by atoms with Crippen LogP contribution in [0.1, 0.15) is 49.2 Å². The molecule has 2 aromatic rings. The highest BCUT2D eigenvalue weighted by molar-refractivity contribution is 5.89. The second-order valence-electron chi connectivity index (χ2n) is 7.93. The number of aromatic nitrogens is 1. The molecule has 3 rings (SSSR count). The van der Waals surface area contributed by atoms with E-state index in [0.29, 0.717) is 24.7 Å². The molecule has 1 aliphatic heterocycles. The largest absolute Gasteiger partial charge is 0.493 e. The van der Waals surface area contributed by atoms with Gasteiger partial charge in [0.1, 0.15) is 5.56 Å². The molecule has 168 valence electrons. The number of fused-ring (bicyclic) bond motifs is 3. The Morgan fingerprint density at radius 3 is 2.58 bits per heavy atom. The van der Waals surface area contributed by atoms with Crippen LogP contribution < -0.4 is 14.9 Å². The summed E-state index contributed by atoms with van der Waals surface area (Å²) in [4.78, 5) is 25.0. The van der Waals surface area contributed by atoms with Crippen LogP contribution in [0.3, 0.4) is 0 Å². The lowest BCUT2D eigenvalue weighted by atomic mass is 9.87. The van der Waals surface area contributed by atoms with Crippen molar-refractivity contribution in [1.82, 2.24) is 4.57 Å². The molecule has 7 heteroatoms. The van der Waals surface area contributed by atoms with Crippen molar-refractivity contribution < 1.29 is 23.7 Å². The highest BCUT2D eigenvalue weighted by atomic mass is 16.5. The molecule has 1 aromatic heterocycles. The van der Waals surface area contributed by atoms with Crippen molar-refractivity contribution in [3.05, 3.63) is 45.7 Å². The standard InChI is InChI=1S/C24H31NO6/c1-6-30-24(27)18-14-25-19(15(2)3)10-16-11-23(31-9-7-8-28-4)22(29-5)12-17(16)20(25)13-21(18)26/h11-15,19H,6-10H2,1-5H3. The molecule has 0 aliphatic carbocycles. The minimum atomic E-state index is -0.589. The number of carbonyl (C=O) groups is 1. The average molecular weight is 430 g/mol. The Hall–Kier alpha value is -2.80. The summed E-state index contributed by atoms with van der Waals surface area (Å²) < 4.78 is 23.7. The minimum Gasteiger partial charge on any atom is -0.493 e. The molecule has 0 fully saturated rings. The summed E-state index contributed by atoms with van der Waals surface area (Å²) >= 11 is 0. The smallest absolute Gasteiger partial charge is 0.343 e. The van der Waals surface area contributed by atoms with E-state index >= 15 is 0 Å². The Morgan fingerprint density at radius 1 is 1.16 bits per heavy atom. The summed E-state index contributed by atoms with van der Waals surface area (Å²) in [6, 6.07) is 5.53. The molecule has 0 amide bonds. The number of esters is 1. The van der Waals surface area contributed by atoms with Crippen molar-refractivity contribution >= 4 is 5.97 Å². The number of nitrogens with zero attached hydrogens (tertiary/aromatic N) is 1. The second-order valence-corrected chi connectivity index (χ2v) is 7.93. The van der Waals surface area contributed by atoms with Crippen LogP contribution in [-0.4, -0.2) is 44.6 Å². The van der Waals surface area contributed by atoms with Gasteiger partial charge in [0.05, 0.1) is 26.0 Å². The molecule has 0 spiro atoms. The van der Waals surface area contributed by atoms with E-state index in [-0.39, 0.29) is 29.6 Å². The Balaban J connectivity index is 2.09. The first kappa shape index (κ1) is 22.9. The first-order chi connectivity index (χ1) is 14.9. The lowest BCUT2D eigenvalue weighted by Crippen LogP contribution is -2.28. The number of benzene rings is 1. The van der Waals surface area contributed by atoms with E-state index in [1.165, 1.54) is 6.07 Å². The number of hydrogen-bond acceptors (Lipinski definition) is 6. The van der Waals surface area contributed by atoms with Crippen LogP contribution in [0.2, 0.25) is 0 Å². The summed E-state index contributed by atoms with van der Waals surface area (Å²) in [7, 11) is 3.26. The molecule has 0 N–H and O–H groups in total. The van der Waals surface area contributed by atoms with Crippen LogP contribution >= 0.6 is 0 Å². The van der Waals surface area contributed by atoms with E-state index in [0.717, 1.165) is 29.7 Å². The lowest BCUT2D eigenvalue weighted by Gasteiger charge is -2.34. The third-order valence-electron chi connectivity index (χ3n) is 5.55. The van der Waals surface area contributed by atoms with Crippen LogP contribution in [0.4, 0.5) is 0 Å². The van der Waals surface area contributed by atoms with Crippen molar-refractivity contribution in [1.29, 1.82) is 0 Å². The van der Waals surface area contributed by atoms with E-state index in [9.17, 15) is 9.59 Å². The quantitative estimate of drug-likeness (QED) is 0.445. The van der Waals surface area contributed by atoms with Gasteiger partial charge in [-0.25, -0.2) is 4.79 Å². The lowest BCUT2D eigenvalue weighted by molar-refractivity contribution is 0.0523. The van der Waals surface area contributed by atoms with Crippen LogP contribution in [0.5, 0.6) is 11.5 Å². The van der Waals surface area contributed by atoms with E-state index < -0.39 is 5.97 Å². The van der Waals surface area contributed by atoms with Crippen molar-refractivity contribution in [2.75, 3.05) is 34.0 Å². The van der Waals surface area contributed by atoms with Crippen molar-refractivity contribution in [2.24, 2.45) is 5.92 Å². The molecule has 1 aromatic carbocycles. The predicted molar refractivity (Wildman–Crippen MR) is 118 cm³/mol. The molecule has 0 saturated carbocycles.